The van der Waals surface area contributed by atoms with Gasteiger partial charge in [0.25, 0.3) is 5.91 Å². The number of fused-ring (bicyclic) bond motifs is 1. The van der Waals surface area contributed by atoms with Crippen molar-refractivity contribution in [1.29, 1.82) is 0 Å². The summed E-state index contributed by atoms with van der Waals surface area (Å²) < 4.78 is 17.0. The number of ether oxygens (including phenoxy) is 3. The zero-order valence-electron chi connectivity index (χ0n) is 32.4. The number of hydrogen-bond donors (Lipinski definition) is 4. The number of imide groups is 1. The number of likely N-dealkylation sites (N-methyl/N-ethyl adjacent to an activating group) is 1. The second-order valence-electron chi connectivity index (χ2n) is 14.6. The molecule has 4 N–H and O–H groups in total. The van der Waals surface area contributed by atoms with Gasteiger partial charge in [0.15, 0.2) is 5.13 Å². The highest BCUT2D eigenvalue weighted by atomic mass is 32.1. The van der Waals surface area contributed by atoms with E-state index in [1.165, 1.54) is 16.2 Å². The van der Waals surface area contributed by atoms with Crippen molar-refractivity contribution in [2.24, 2.45) is 5.41 Å². The van der Waals surface area contributed by atoms with Crippen molar-refractivity contribution in [3.63, 3.8) is 0 Å². The van der Waals surface area contributed by atoms with Gasteiger partial charge in [-0.2, -0.15) is 0 Å². The summed E-state index contributed by atoms with van der Waals surface area (Å²) in [6.45, 7) is 3.62. The van der Waals surface area contributed by atoms with E-state index in [2.05, 4.69) is 26.3 Å². The highest BCUT2D eigenvalue weighted by molar-refractivity contribution is 7.13. The highest BCUT2D eigenvalue weighted by Gasteiger charge is 2.41. The van der Waals surface area contributed by atoms with Crippen LogP contribution in [-0.2, 0) is 46.4 Å². The summed E-state index contributed by atoms with van der Waals surface area (Å²) in [4.78, 5) is 75.7. The third-order valence-electron chi connectivity index (χ3n) is 10.4. The summed E-state index contributed by atoms with van der Waals surface area (Å²) >= 11 is 1.51. The molecular formula is C40H52N8O8S. The van der Waals surface area contributed by atoms with Crippen LogP contribution in [0.25, 0.3) is 0 Å². The Balaban J connectivity index is 0.803. The quantitative estimate of drug-likeness (QED) is 0.0909. The van der Waals surface area contributed by atoms with Crippen molar-refractivity contribution in [2.75, 3.05) is 77.0 Å². The Morgan fingerprint density at radius 3 is 2.49 bits per heavy atom. The minimum atomic E-state index is -0.723. The zero-order chi connectivity index (χ0) is 40.0. The van der Waals surface area contributed by atoms with Crippen molar-refractivity contribution in [3.05, 3.63) is 64.8 Å². The van der Waals surface area contributed by atoms with Crippen molar-refractivity contribution in [1.82, 2.24) is 30.4 Å². The lowest BCUT2D eigenvalue weighted by atomic mass is 9.70. The van der Waals surface area contributed by atoms with Gasteiger partial charge in [-0.05, 0) is 50.6 Å². The molecular weight excluding hydrogens is 753 g/mol. The number of aromatic nitrogens is 2. The third kappa shape index (κ3) is 11.6. The number of carbonyl (C=O) groups is 5. The SMILES string of the molecule is CN(CCOCCOCCOCCNC(=O)C1(Cc2cccc(Nc3nccs3)n2)CCCCC1)CC(=O)Nc1cccc2c1CN(C1CCC(=O)NC1=O)C2=O. The molecule has 0 radical (unpaired) electrons. The lowest BCUT2D eigenvalue weighted by Crippen LogP contribution is -2.52. The van der Waals surface area contributed by atoms with E-state index in [1.54, 1.807) is 24.4 Å². The van der Waals surface area contributed by atoms with Crippen LogP contribution in [0.15, 0.2) is 48.0 Å². The van der Waals surface area contributed by atoms with Crippen LogP contribution >= 0.6 is 11.3 Å². The Morgan fingerprint density at radius 1 is 0.982 bits per heavy atom. The lowest BCUT2D eigenvalue weighted by Gasteiger charge is -2.35. The predicted molar refractivity (Wildman–Crippen MR) is 213 cm³/mol. The topological polar surface area (TPSA) is 193 Å². The Kier molecular flexibility index (Phi) is 15.1. The van der Waals surface area contributed by atoms with Crippen LogP contribution in [0.5, 0.6) is 0 Å². The Bertz CT molecular complexity index is 1850. The van der Waals surface area contributed by atoms with Gasteiger partial charge in [0.05, 0.1) is 51.6 Å². The fourth-order valence-electron chi connectivity index (χ4n) is 7.50. The van der Waals surface area contributed by atoms with E-state index in [0.717, 1.165) is 48.7 Å². The van der Waals surface area contributed by atoms with E-state index >= 15 is 0 Å². The first-order valence-corrected chi connectivity index (χ1v) is 20.5. The molecule has 306 valence electrons. The molecule has 3 aromatic rings. The van der Waals surface area contributed by atoms with Crippen LogP contribution in [0.2, 0.25) is 0 Å². The largest absolute Gasteiger partial charge is 0.378 e. The van der Waals surface area contributed by atoms with Crippen molar-refractivity contribution < 1.29 is 38.2 Å². The fourth-order valence-corrected chi connectivity index (χ4v) is 8.04. The van der Waals surface area contributed by atoms with Crippen LogP contribution in [0.4, 0.5) is 16.6 Å². The van der Waals surface area contributed by atoms with Gasteiger partial charge in [-0.25, -0.2) is 9.97 Å². The number of amides is 5. The van der Waals surface area contributed by atoms with Crippen LogP contribution in [-0.4, -0.2) is 122 Å². The van der Waals surface area contributed by atoms with Crippen molar-refractivity contribution in [2.45, 2.75) is 64.0 Å². The average molecular weight is 805 g/mol. The van der Waals surface area contributed by atoms with E-state index in [0.29, 0.717) is 76.0 Å². The minimum Gasteiger partial charge on any atom is -0.378 e. The summed E-state index contributed by atoms with van der Waals surface area (Å²) in [5, 5.41) is 14.2. The molecule has 0 spiro atoms. The minimum absolute atomic E-state index is 0.0581. The molecule has 6 rings (SSSR count). The second kappa shape index (κ2) is 20.6. The molecule has 1 saturated heterocycles. The van der Waals surface area contributed by atoms with Crippen LogP contribution in [0, 0.1) is 5.41 Å². The maximum atomic E-state index is 13.5. The van der Waals surface area contributed by atoms with Gasteiger partial charge in [-0.1, -0.05) is 31.4 Å². The molecule has 4 heterocycles. The molecule has 1 atom stereocenters. The Labute approximate surface area is 336 Å². The predicted octanol–water partition coefficient (Wildman–Crippen LogP) is 3.27. The first kappa shape index (κ1) is 41.8. The molecule has 2 aromatic heterocycles. The summed E-state index contributed by atoms with van der Waals surface area (Å²) in [7, 11) is 1.82. The number of pyridine rings is 1. The molecule has 3 aliphatic rings. The van der Waals surface area contributed by atoms with Crippen LogP contribution in [0.1, 0.15) is 66.6 Å². The van der Waals surface area contributed by atoms with Crippen LogP contribution in [0.3, 0.4) is 0 Å². The summed E-state index contributed by atoms with van der Waals surface area (Å²) in [5.74, 6) is -0.575. The van der Waals surface area contributed by atoms with Gasteiger partial charge in [0, 0.05) is 66.6 Å². The first-order valence-electron chi connectivity index (χ1n) is 19.6. The van der Waals surface area contributed by atoms with Crippen LogP contribution < -0.4 is 21.3 Å². The molecule has 1 aromatic carbocycles. The summed E-state index contributed by atoms with van der Waals surface area (Å²) in [5.41, 5.74) is 2.02. The van der Waals surface area contributed by atoms with Gasteiger partial charge in [-0.3, -0.25) is 34.2 Å². The highest BCUT2D eigenvalue weighted by Crippen LogP contribution is 2.39. The lowest BCUT2D eigenvalue weighted by molar-refractivity contribution is -0.137. The molecule has 17 heteroatoms. The molecule has 57 heavy (non-hydrogen) atoms. The monoisotopic (exact) mass is 804 g/mol. The number of carbonyl (C=O) groups excluding carboxylic acids is 5. The number of piperidine rings is 1. The molecule has 1 saturated carbocycles. The number of thiazole rings is 1. The smallest absolute Gasteiger partial charge is 0.255 e. The molecule has 1 unspecified atom stereocenters. The van der Waals surface area contributed by atoms with E-state index in [4.69, 9.17) is 19.2 Å². The zero-order valence-corrected chi connectivity index (χ0v) is 33.2. The number of hydrogen-bond acceptors (Lipinski definition) is 13. The van der Waals surface area contributed by atoms with Gasteiger partial charge < -0.3 is 35.1 Å². The molecule has 2 fully saturated rings. The van der Waals surface area contributed by atoms with Crippen molar-refractivity contribution in [3.8, 4) is 0 Å². The number of benzene rings is 1. The normalized spacial score (nSPS) is 17.7. The summed E-state index contributed by atoms with van der Waals surface area (Å²) in [6.07, 6.45) is 7.63. The van der Waals surface area contributed by atoms with E-state index in [9.17, 15) is 24.0 Å². The molecule has 2 aliphatic heterocycles. The first-order chi connectivity index (χ1) is 27.7. The van der Waals surface area contributed by atoms with Gasteiger partial charge in [0.2, 0.25) is 23.6 Å². The van der Waals surface area contributed by atoms with Gasteiger partial charge >= 0.3 is 0 Å². The standard InChI is InChI=1S/C40H52N8O8S/c1-47(27-35(50)44-31-9-6-8-29-30(31)26-48(37(29)52)32-11-12-34(49)46-36(32)51)17-19-55-21-23-56-22-20-54-18-15-41-38(53)40(13-3-2-4-14-40)25-28-7-5-10-33(43-28)45-39-42-16-24-57-39/h5-10,16,24,32H,2-4,11-15,17-23,25-27H2,1H3,(H,41,53)(H,44,50)(H,42,43,45)(H,46,49,51). The molecule has 5 amide bonds. The maximum absolute atomic E-state index is 13.5. The third-order valence-corrected chi connectivity index (χ3v) is 11.1. The number of anilines is 3. The van der Waals surface area contributed by atoms with E-state index in [1.807, 2.05) is 35.5 Å². The second-order valence-corrected chi connectivity index (χ2v) is 15.5. The maximum Gasteiger partial charge on any atom is 0.255 e. The van der Waals surface area contributed by atoms with E-state index < -0.39 is 17.4 Å². The number of nitrogens with one attached hydrogen (secondary N) is 4. The average Bonchev–Trinajstić information content (AvgIpc) is 3.83. The Hall–Kier alpha value is -4.81. The Morgan fingerprint density at radius 2 is 1.74 bits per heavy atom. The molecule has 0 bridgehead atoms. The molecule has 1 aliphatic carbocycles. The summed E-state index contributed by atoms with van der Waals surface area (Å²) in [6, 6.07) is 10.2. The van der Waals surface area contributed by atoms with Gasteiger partial charge in [0.1, 0.15) is 11.9 Å². The fraction of sp³-hybridized carbons (Fsp3) is 0.525. The van der Waals surface area contributed by atoms with Crippen molar-refractivity contribution >= 4 is 57.5 Å². The number of nitrogens with zero attached hydrogens (tertiary/aromatic N) is 4. The van der Waals surface area contributed by atoms with E-state index in [-0.39, 0.29) is 49.6 Å². The van der Waals surface area contributed by atoms with Gasteiger partial charge in [-0.15, -0.1) is 11.3 Å². The molecule has 16 nitrogen and oxygen atoms in total. The number of rotatable bonds is 21.